The van der Waals surface area contributed by atoms with E-state index in [1.807, 2.05) is 37.3 Å². The molecule has 1 aliphatic rings. The van der Waals surface area contributed by atoms with Gasteiger partial charge in [-0.05, 0) is 66.1 Å². The average molecular weight is 559 g/mol. The maximum absolute atomic E-state index is 14.4. The molecule has 0 bridgehead atoms. The van der Waals surface area contributed by atoms with E-state index >= 15 is 0 Å². The van der Waals surface area contributed by atoms with Gasteiger partial charge in [-0.1, -0.05) is 60.1 Å². The maximum atomic E-state index is 14.4. The Morgan fingerprint density at radius 2 is 1.73 bits per heavy atom. The van der Waals surface area contributed by atoms with Crippen LogP contribution in [-0.4, -0.2) is 24.5 Å². The number of hydrogen-bond donors (Lipinski definition) is 1. The third kappa shape index (κ3) is 5.13. The molecule has 0 atom stereocenters. The quantitative estimate of drug-likeness (QED) is 0.204. The summed E-state index contributed by atoms with van der Waals surface area (Å²) in [6.07, 6.45) is 1.27. The number of para-hydroxylation sites is 1. The van der Waals surface area contributed by atoms with Crippen molar-refractivity contribution >= 4 is 52.0 Å². The van der Waals surface area contributed by atoms with Crippen LogP contribution in [0.15, 0.2) is 78.4 Å². The van der Waals surface area contributed by atoms with E-state index in [4.69, 9.17) is 21.1 Å². The minimum Gasteiger partial charge on any atom is -0.490 e. The Hall–Kier alpha value is -4.69. The lowest BCUT2D eigenvalue weighted by Gasteiger charge is -2.26. The highest BCUT2D eigenvalue weighted by molar-refractivity contribution is 6.39. The summed E-state index contributed by atoms with van der Waals surface area (Å²) in [7, 11) is 0. The summed E-state index contributed by atoms with van der Waals surface area (Å²) in [5.41, 5.74) is 1.77. The van der Waals surface area contributed by atoms with E-state index in [1.165, 1.54) is 30.3 Å². The predicted molar refractivity (Wildman–Crippen MR) is 151 cm³/mol. The molecule has 0 spiro atoms. The lowest BCUT2D eigenvalue weighted by atomic mass is 10.0. The van der Waals surface area contributed by atoms with Gasteiger partial charge in [0.1, 0.15) is 18.0 Å². The van der Waals surface area contributed by atoms with Crippen molar-refractivity contribution in [2.45, 2.75) is 20.5 Å². The van der Waals surface area contributed by atoms with Gasteiger partial charge in [-0.3, -0.25) is 14.9 Å². The van der Waals surface area contributed by atoms with Crippen molar-refractivity contribution in [3.05, 3.63) is 106 Å². The Kier molecular flexibility index (Phi) is 7.53. The molecule has 5 rings (SSSR count). The second-order valence-electron chi connectivity index (χ2n) is 9.04. The number of nitrogens with one attached hydrogen (secondary N) is 1. The molecule has 202 valence electrons. The lowest BCUT2D eigenvalue weighted by molar-refractivity contribution is -0.122. The monoisotopic (exact) mass is 558 g/mol. The van der Waals surface area contributed by atoms with Crippen LogP contribution in [-0.2, 0) is 16.2 Å². The number of ether oxygens (including phenoxy) is 2. The summed E-state index contributed by atoms with van der Waals surface area (Å²) in [5, 5.41) is 4.43. The first-order valence-corrected chi connectivity index (χ1v) is 12.9. The van der Waals surface area contributed by atoms with E-state index in [9.17, 15) is 18.8 Å². The molecule has 4 aromatic carbocycles. The van der Waals surface area contributed by atoms with Crippen LogP contribution in [0.5, 0.6) is 11.5 Å². The number of hydrogen-bond acceptors (Lipinski definition) is 5. The van der Waals surface area contributed by atoms with Crippen molar-refractivity contribution in [3.63, 3.8) is 0 Å². The molecule has 7 nitrogen and oxygen atoms in total. The van der Waals surface area contributed by atoms with Gasteiger partial charge in [0.25, 0.3) is 11.8 Å². The van der Waals surface area contributed by atoms with Crippen molar-refractivity contribution in [2.75, 3.05) is 11.5 Å². The third-order valence-corrected chi connectivity index (χ3v) is 6.75. The number of amides is 4. The first-order chi connectivity index (χ1) is 19.3. The smallest absolute Gasteiger partial charge is 0.336 e. The first kappa shape index (κ1) is 26.9. The Labute approximate surface area is 234 Å². The molecular formula is C31H24ClFN2O5. The predicted octanol–water partition coefficient (Wildman–Crippen LogP) is 6.58. The molecule has 0 saturated carbocycles. The molecule has 1 N–H and O–H groups in total. The second kappa shape index (κ2) is 11.2. The molecule has 0 aliphatic carbocycles. The summed E-state index contributed by atoms with van der Waals surface area (Å²) in [5.74, 6) is -2.06. The van der Waals surface area contributed by atoms with Crippen LogP contribution in [0.2, 0.25) is 5.02 Å². The summed E-state index contributed by atoms with van der Waals surface area (Å²) in [6.45, 7) is 4.34. The maximum Gasteiger partial charge on any atom is 0.336 e. The number of benzene rings is 4. The van der Waals surface area contributed by atoms with Crippen molar-refractivity contribution < 1.29 is 28.2 Å². The van der Waals surface area contributed by atoms with E-state index in [2.05, 4.69) is 11.4 Å². The van der Waals surface area contributed by atoms with Crippen LogP contribution in [0.1, 0.15) is 23.6 Å². The van der Waals surface area contributed by atoms with Gasteiger partial charge in [-0.15, -0.1) is 0 Å². The van der Waals surface area contributed by atoms with E-state index in [1.54, 1.807) is 13.0 Å². The Balaban J connectivity index is 1.49. The zero-order chi connectivity index (χ0) is 28.4. The van der Waals surface area contributed by atoms with Gasteiger partial charge < -0.3 is 9.47 Å². The molecule has 9 heteroatoms. The Bertz CT molecular complexity index is 1700. The molecule has 1 saturated heterocycles. The number of fused-ring (bicyclic) bond motifs is 1. The number of carbonyl (C=O) groups excluding carboxylic acids is 3. The molecule has 1 heterocycles. The molecule has 0 aromatic heterocycles. The van der Waals surface area contributed by atoms with E-state index in [0.717, 1.165) is 28.0 Å². The molecule has 1 aliphatic heterocycles. The number of urea groups is 1. The Morgan fingerprint density at radius 3 is 2.50 bits per heavy atom. The summed E-state index contributed by atoms with van der Waals surface area (Å²) >= 11 is 6.62. The number of barbiturate groups is 1. The van der Waals surface area contributed by atoms with Gasteiger partial charge in [0, 0.05) is 5.56 Å². The van der Waals surface area contributed by atoms with Crippen molar-refractivity contribution in [3.8, 4) is 11.5 Å². The van der Waals surface area contributed by atoms with Crippen LogP contribution in [0.3, 0.4) is 0 Å². The number of imide groups is 2. The summed E-state index contributed by atoms with van der Waals surface area (Å²) < 4.78 is 26.3. The molecule has 40 heavy (non-hydrogen) atoms. The van der Waals surface area contributed by atoms with Crippen molar-refractivity contribution in [2.24, 2.45) is 0 Å². The fourth-order valence-corrected chi connectivity index (χ4v) is 4.80. The highest BCUT2D eigenvalue weighted by atomic mass is 35.5. The highest BCUT2D eigenvalue weighted by Crippen LogP contribution is 2.39. The molecule has 4 aromatic rings. The molecule has 0 unspecified atom stereocenters. The summed E-state index contributed by atoms with van der Waals surface area (Å²) in [4.78, 5) is 38.8. The highest BCUT2D eigenvalue weighted by Gasteiger charge is 2.38. The van der Waals surface area contributed by atoms with Gasteiger partial charge in [0.2, 0.25) is 0 Å². The van der Waals surface area contributed by atoms with E-state index in [-0.39, 0.29) is 22.9 Å². The lowest BCUT2D eigenvalue weighted by Crippen LogP contribution is -2.54. The van der Waals surface area contributed by atoms with Gasteiger partial charge in [-0.25, -0.2) is 14.1 Å². The van der Waals surface area contributed by atoms with Crippen LogP contribution >= 0.6 is 11.6 Å². The average Bonchev–Trinajstić information content (AvgIpc) is 2.92. The molecule has 1 fully saturated rings. The topological polar surface area (TPSA) is 84.9 Å². The minimum atomic E-state index is -1.04. The van der Waals surface area contributed by atoms with Gasteiger partial charge in [0.15, 0.2) is 11.5 Å². The van der Waals surface area contributed by atoms with E-state index < -0.39 is 23.7 Å². The van der Waals surface area contributed by atoms with Crippen LogP contribution in [0.4, 0.5) is 14.9 Å². The number of anilines is 1. The fourth-order valence-electron chi connectivity index (χ4n) is 4.53. The summed E-state index contributed by atoms with van der Waals surface area (Å²) in [6, 6.07) is 19.4. The SMILES string of the molecule is CCOc1cc(/C=C2/C(=O)NC(=O)N(c3ccccc3F)C2=O)cc(Cl)c1OCc1c(C)ccc2ccccc12. The van der Waals surface area contributed by atoms with Crippen LogP contribution in [0, 0.1) is 12.7 Å². The minimum absolute atomic E-state index is 0.196. The number of aryl methyl sites for hydroxylation is 1. The standard InChI is InChI=1S/C31H24ClFN2O5/c1-3-39-27-16-19(14-22-29(36)34-31(38)35(30(22)37)26-11-7-6-10-25(26)33)15-24(32)28(27)40-17-23-18(2)12-13-20-8-4-5-9-21(20)23/h4-16H,3,17H2,1-2H3,(H,34,36,38)/b22-14-. The van der Waals surface area contributed by atoms with Crippen LogP contribution in [0.25, 0.3) is 16.8 Å². The van der Waals surface area contributed by atoms with E-state index in [0.29, 0.717) is 28.6 Å². The number of carbonyl (C=O) groups is 3. The number of rotatable bonds is 7. The number of nitrogens with zero attached hydrogens (tertiary/aromatic N) is 1. The zero-order valence-electron chi connectivity index (χ0n) is 21.7. The largest absolute Gasteiger partial charge is 0.490 e. The third-order valence-electron chi connectivity index (χ3n) is 6.47. The van der Waals surface area contributed by atoms with Crippen molar-refractivity contribution in [1.29, 1.82) is 0 Å². The number of halogens is 2. The molecule has 0 radical (unpaired) electrons. The second-order valence-corrected chi connectivity index (χ2v) is 9.45. The molecular weight excluding hydrogens is 535 g/mol. The molecule has 4 amide bonds. The van der Waals surface area contributed by atoms with Gasteiger partial charge in [-0.2, -0.15) is 0 Å². The fraction of sp³-hybridized carbons (Fsp3) is 0.129. The van der Waals surface area contributed by atoms with Crippen LogP contribution < -0.4 is 19.7 Å². The van der Waals surface area contributed by atoms with Crippen molar-refractivity contribution in [1.82, 2.24) is 5.32 Å². The Morgan fingerprint density at radius 1 is 0.975 bits per heavy atom. The van der Waals surface area contributed by atoms with Gasteiger partial charge >= 0.3 is 6.03 Å². The normalized spacial score (nSPS) is 14.6. The zero-order valence-corrected chi connectivity index (χ0v) is 22.4. The van der Waals surface area contributed by atoms with Gasteiger partial charge in [0.05, 0.1) is 17.3 Å². The first-order valence-electron chi connectivity index (χ1n) is 12.5.